The van der Waals surface area contributed by atoms with Gasteiger partial charge < -0.3 is 19.3 Å². The largest absolute Gasteiger partial charge is 0.452 e. The lowest BCUT2D eigenvalue weighted by Crippen LogP contribution is -2.42. The summed E-state index contributed by atoms with van der Waals surface area (Å²) in [5, 5.41) is 10.9. The number of carbonyl (C=O) groups is 2. The number of hydrogen-bond acceptors (Lipinski definition) is 7. The molecule has 1 saturated heterocycles. The van der Waals surface area contributed by atoms with Gasteiger partial charge in [0.2, 0.25) is 0 Å². The number of amides is 1. The van der Waals surface area contributed by atoms with Crippen LogP contribution in [0.3, 0.4) is 0 Å². The van der Waals surface area contributed by atoms with Crippen molar-refractivity contribution >= 4 is 23.3 Å². The first-order chi connectivity index (χ1) is 11.4. The molecule has 1 aromatic carbocycles. The number of esters is 1. The van der Waals surface area contributed by atoms with E-state index in [9.17, 15) is 19.7 Å². The normalized spacial score (nSPS) is 14.2. The number of ether oxygens (including phenoxy) is 2. The molecule has 0 N–H and O–H groups in total. The summed E-state index contributed by atoms with van der Waals surface area (Å²) in [5.41, 5.74) is 0.306. The van der Waals surface area contributed by atoms with Crippen molar-refractivity contribution in [2.75, 3.05) is 51.9 Å². The van der Waals surface area contributed by atoms with Crippen molar-refractivity contribution in [1.82, 2.24) is 4.90 Å². The van der Waals surface area contributed by atoms with Crippen molar-refractivity contribution in [2.45, 2.75) is 0 Å². The van der Waals surface area contributed by atoms with Gasteiger partial charge in [0.15, 0.2) is 6.61 Å². The highest BCUT2D eigenvalue weighted by Crippen LogP contribution is 2.25. The number of hydrogen-bond donors (Lipinski definition) is 0. The van der Waals surface area contributed by atoms with Gasteiger partial charge in [0.1, 0.15) is 0 Å². The average molecular weight is 337 g/mol. The second-order valence-electron chi connectivity index (χ2n) is 5.42. The summed E-state index contributed by atoms with van der Waals surface area (Å²) in [6.45, 7) is 1.41. The van der Waals surface area contributed by atoms with Gasteiger partial charge in [-0.15, -0.1) is 0 Å². The zero-order chi connectivity index (χ0) is 17.7. The predicted molar refractivity (Wildman–Crippen MR) is 85.1 cm³/mol. The Morgan fingerprint density at radius 2 is 2.00 bits per heavy atom. The molecule has 9 nitrogen and oxygen atoms in total. The molecule has 130 valence electrons. The van der Waals surface area contributed by atoms with Crippen LogP contribution >= 0.6 is 0 Å². The summed E-state index contributed by atoms with van der Waals surface area (Å²) in [4.78, 5) is 37.8. The quantitative estimate of drug-likeness (QED) is 0.442. The van der Waals surface area contributed by atoms with Crippen molar-refractivity contribution in [2.24, 2.45) is 0 Å². The lowest BCUT2D eigenvalue weighted by Gasteiger charge is -2.26. The van der Waals surface area contributed by atoms with Crippen LogP contribution in [0.15, 0.2) is 18.2 Å². The highest BCUT2D eigenvalue weighted by Gasteiger charge is 2.22. The van der Waals surface area contributed by atoms with Gasteiger partial charge in [0.25, 0.3) is 11.6 Å². The molecule has 24 heavy (non-hydrogen) atoms. The standard InChI is InChI=1S/C15H19N3O6/c1-16(2)13-4-3-11(18(21)22)9-12(13)15(20)24-10-14(19)17-5-7-23-8-6-17/h3-4,9H,5-8,10H2,1-2H3. The SMILES string of the molecule is CN(C)c1ccc([N+](=O)[O-])cc1C(=O)OCC(=O)N1CCOCC1. The Hall–Kier alpha value is -2.68. The Kier molecular flexibility index (Phi) is 5.69. The maximum atomic E-state index is 12.3. The third-order valence-corrected chi connectivity index (χ3v) is 3.58. The first-order valence-corrected chi connectivity index (χ1v) is 7.38. The lowest BCUT2D eigenvalue weighted by atomic mass is 10.1. The van der Waals surface area contributed by atoms with Crippen LogP contribution in [0.4, 0.5) is 11.4 Å². The number of anilines is 1. The molecule has 0 radical (unpaired) electrons. The molecule has 0 atom stereocenters. The third kappa shape index (κ3) is 4.19. The Bertz CT molecular complexity index is 640. The minimum Gasteiger partial charge on any atom is -0.452 e. The van der Waals surface area contributed by atoms with Crippen LogP contribution < -0.4 is 4.90 Å². The summed E-state index contributed by atoms with van der Waals surface area (Å²) in [7, 11) is 3.41. The van der Waals surface area contributed by atoms with E-state index >= 15 is 0 Å². The maximum Gasteiger partial charge on any atom is 0.341 e. The van der Waals surface area contributed by atoms with Crippen molar-refractivity contribution < 1.29 is 24.0 Å². The van der Waals surface area contributed by atoms with Gasteiger partial charge >= 0.3 is 5.97 Å². The molecule has 0 bridgehead atoms. The van der Waals surface area contributed by atoms with Crippen LogP contribution in [-0.2, 0) is 14.3 Å². The molecule has 1 aliphatic heterocycles. The molecule has 0 aliphatic carbocycles. The molecule has 1 aliphatic rings. The van der Waals surface area contributed by atoms with Gasteiger partial charge in [-0.3, -0.25) is 14.9 Å². The van der Waals surface area contributed by atoms with Crippen molar-refractivity contribution in [3.63, 3.8) is 0 Å². The van der Waals surface area contributed by atoms with E-state index < -0.39 is 17.5 Å². The molecular formula is C15H19N3O6. The Morgan fingerprint density at radius 3 is 2.58 bits per heavy atom. The Balaban J connectivity index is 2.08. The van der Waals surface area contributed by atoms with Gasteiger partial charge in [-0.2, -0.15) is 0 Å². The van der Waals surface area contributed by atoms with E-state index in [1.54, 1.807) is 23.9 Å². The molecular weight excluding hydrogens is 318 g/mol. The number of nitro benzene ring substituents is 1. The molecule has 1 aromatic rings. The highest BCUT2D eigenvalue weighted by atomic mass is 16.6. The van der Waals surface area contributed by atoms with Crippen LogP contribution in [0.25, 0.3) is 0 Å². The number of rotatable bonds is 5. The second kappa shape index (κ2) is 7.73. The summed E-state index contributed by atoms with van der Waals surface area (Å²) in [6, 6.07) is 3.93. The number of nitrogens with zero attached hydrogens (tertiary/aromatic N) is 3. The molecule has 1 fully saturated rings. The molecule has 0 saturated carbocycles. The van der Waals surface area contributed by atoms with Gasteiger partial charge in [0, 0.05) is 39.3 Å². The average Bonchev–Trinajstić information content (AvgIpc) is 2.59. The summed E-state index contributed by atoms with van der Waals surface area (Å²) < 4.78 is 10.2. The minimum absolute atomic E-state index is 0.0453. The van der Waals surface area contributed by atoms with Crippen LogP contribution in [0.2, 0.25) is 0 Å². The smallest absolute Gasteiger partial charge is 0.341 e. The van der Waals surface area contributed by atoms with Crippen molar-refractivity contribution in [3.8, 4) is 0 Å². The third-order valence-electron chi connectivity index (χ3n) is 3.58. The molecule has 0 spiro atoms. The fourth-order valence-corrected chi connectivity index (χ4v) is 2.30. The predicted octanol–water partition coefficient (Wildman–Crippen LogP) is 0.676. The Morgan fingerprint density at radius 1 is 1.33 bits per heavy atom. The van der Waals surface area contributed by atoms with E-state index in [1.165, 1.54) is 12.1 Å². The summed E-state index contributed by atoms with van der Waals surface area (Å²) in [6.07, 6.45) is 0. The first kappa shape index (κ1) is 17.7. The summed E-state index contributed by atoms with van der Waals surface area (Å²) in [5.74, 6) is -1.09. The Labute approximate surface area is 138 Å². The van der Waals surface area contributed by atoms with E-state index in [0.717, 1.165) is 6.07 Å². The van der Waals surface area contributed by atoms with E-state index in [0.29, 0.717) is 32.0 Å². The van der Waals surface area contributed by atoms with Crippen molar-refractivity contribution in [1.29, 1.82) is 0 Å². The zero-order valence-electron chi connectivity index (χ0n) is 13.6. The molecule has 1 amide bonds. The number of morpholine rings is 1. The molecule has 1 heterocycles. The topological polar surface area (TPSA) is 102 Å². The number of benzene rings is 1. The molecule has 0 aromatic heterocycles. The fraction of sp³-hybridized carbons (Fsp3) is 0.467. The number of nitro groups is 1. The van der Waals surface area contributed by atoms with Gasteiger partial charge in [-0.25, -0.2) is 4.79 Å². The van der Waals surface area contributed by atoms with E-state index in [2.05, 4.69) is 0 Å². The number of carbonyl (C=O) groups excluding carboxylic acids is 2. The zero-order valence-corrected chi connectivity index (χ0v) is 13.6. The van der Waals surface area contributed by atoms with Gasteiger partial charge in [-0.1, -0.05) is 0 Å². The molecule has 2 rings (SSSR count). The number of non-ortho nitro benzene ring substituents is 1. The second-order valence-corrected chi connectivity index (χ2v) is 5.42. The minimum atomic E-state index is -0.774. The van der Waals surface area contributed by atoms with Crippen LogP contribution in [-0.4, -0.2) is 68.7 Å². The van der Waals surface area contributed by atoms with Gasteiger partial charge in [0.05, 0.1) is 29.4 Å². The van der Waals surface area contributed by atoms with E-state index in [1.807, 2.05) is 0 Å². The fourth-order valence-electron chi connectivity index (χ4n) is 2.30. The van der Waals surface area contributed by atoms with Crippen LogP contribution in [0.1, 0.15) is 10.4 Å². The maximum absolute atomic E-state index is 12.3. The molecule has 9 heteroatoms. The van der Waals surface area contributed by atoms with Gasteiger partial charge in [-0.05, 0) is 6.07 Å². The van der Waals surface area contributed by atoms with E-state index in [-0.39, 0.29) is 17.2 Å². The summed E-state index contributed by atoms with van der Waals surface area (Å²) >= 11 is 0. The molecule has 0 unspecified atom stereocenters. The van der Waals surface area contributed by atoms with Crippen molar-refractivity contribution in [3.05, 3.63) is 33.9 Å². The van der Waals surface area contributed by atoms with Crippen LogP contribution in [0, 0.1) is 10.1 Å². The lowest BCUT2D eigenvalue weighted by molar-refractivity contribution is -0.384. The van der Waals surface area contributed by atoms with Crippen LogP contribution in [0.5, 0.6) is 0 Å². The first-order valence-electron chi connectivity index (χ1n) is 7.38. The monoisotopic (exact) mass is 337 g/mol. The highest BCUT2D eigenvalue weighted by molar-refractivity contribution is 5.97. The van der Waals surface area contributed by atoms with E-state index in [4.69, 9.17) is 9.47 Å².